The van der Waals surface area contributed by atoms with Crippen LogP contribution in [-0.2, 0) is 4.74 Å². The summed E-state index contributed by atoms with van der Waals surface area (Å²) in [6, 6.07) is 0. The number of hydrogen-bond donors (Lipinski definition) is 0. The second-order valence-electron chi connectivity index (χ2n) is 5.75. The van der Waals surface area contributed by atoms with Crippen molar-refractivity contribution in [3.8, 4) is 0 Å². The molecule has 0 unspecified atom stereocenters. The van der Waals surface area contributed by atoms with Crippen LogP contribution in [0.15, 0.2) is 0 Å². The number of rotatable bonds is 2. The van der Waals surface area contributed by atoms with Gasteiger partial charge in [-0.25, -0.2) is 4.98 Å². The monoisotopic (exact) mass is 288 g/mol. The van der Waals surface area contributed by atoms with Gasteiger partial charge in [0.05, 0.1) is 11.2 Å². The Labute approximate surface area is 116 Å². The number of ether oxygens (including phenoxy) is 1. The van der Waals surface area contributed by atoms with Crippen molar-refractivity contribution in [3.63, 3.8) is 0 Å². The Morgan fingerprint density at radius 2 is 1.89 bits per heavy atom. The van der Waals surface area contributed by atoms with Gasteiger partial charge >= 0.3 is 0 Å². The van der Waals surface area contributed by atoms with Crippen molar-refractivity contribution in [3.05, 3.63) is 10.0 Å². The fourth-order valence-corrected chi connectivity index (χ4v) is 3.49. The fourth-order valence-electron chi connectivity index (χ4n) is 2.43. The highest BCUT2D eigenvalue weighted by Crippen LogP contribution is 2.35. The average Bonchev–Trinajstić information content (AvgIpc) is 2.55. The van der Waals surface area contributed by atoms with E-state index in [-0.39, 0.29) is 16.4 Å². The predicted octanol–water partition coefficient (Wildman–Crippen LogP) is 3.00. The number of thiazole rings is 1. The van der Waals surface area contributed by atoms with E-state index in [0.717, 1.165) is 24.5 Å². The predicted molar refractivity (Wildman–Crippen MR) is 74.0 cm³/mol. The molecule has 1 saturated heterocycles. The Hall–Kier alpha value is -0.650. The maximum Gasteiger partial charge on any atom is 0.187 e. The lowest BCUT2D eigenvalue weighted by Gasteiger charge is -2.47. The van der Waals surface area contributed by atoms with E-state index in [1.54, 1.807) is 0 Å². The molecular formula is C12H17ClN2O2S. The molecule has 1 aliphatic rings. The summed E-state index contributed by atoms with van der Waals surface area (Å²) in [6.45, 7) is 9.68. The SMILES string of the molecule is CC1(C)CN(c2nc(Cl)c(C=O)s2)CC(C)(C)O1. The van der Waals surface area contributed by atoms with Crippen molar-refractivity contribution in [2.24, 2.45) is 0 Å². The average molecular weight is 289 g/mol. The van der Waals surface area contributed by atoms with E-state index in [1.807, 2.05) is 0 Å². The van der Waals surface area contributed by atoms with Crippen molar-refractivity contribution in [2.75, 3.05) is 18.0 Å². The molecule has 1 aliphatic heterocycles. The molecule has 0 amide bonds. The Morgan fingerprint density at radius 1 is 1.33 bits per heavy atom. The first-order valence-corrected chi connectivity index (χ1v) is 6.98. The highest BCUT2D eigenvalue weighted by atomic mass is 35.5. The maximum absolute atomic E-state index is 10.8. The van der Waals surface area contributed by atoms with E-state index in [1.165, 1.54) is 11.3 Å². The molecule has 0 atom stereocenters. The largest absolute Gasteiger partial charge is 0.366 e. The van der Waals surface area contributed by atoms with Gasteiger partial charge in [-0.15, -0.1) is 0 Å². The molecule has 1 fully saturated rings. The van der Waals surface area contributed by atoms with Gasteiger partial charge in [0.15, 0.2) is 16.6 Å². The van der Waals surface area contributed by atoms with Gasteiger partial charge < -0.3 is 9.64 Å². The Balaban J connectivity index is 2.29. The van der Waals surface area contributed by atoms with E-state index in [0.29, 0.717) is 4.88 Å². The zero-order valence-electron chi connectivity index (χ0n) is 11.0. The van der Waals surface area contributed by atoms with Crippen molar-refractivity contribution >= 4 is 34.4 Å². The van der Waals surface area contributed by atoms with Gasteiger partial charge in [0.2, 0.25) is 0 Å². The number of halogens is 1. The summed E-state index contributed by atoms with van der Waals surface area (Å²) in [7, 11) is 0. The molecule has 4 nitrogen and oxygen atoms in total. The number of hydrogen-bond acceptors (Lipinski definition) is 5. The third-order valence-corrected chi connectivity index (χ3v) is 4.11. The first-order valence-electron chi connectivity index (χ1n) is 5.79. The number of carbonyl (C=O) groups excluding carboxylic acids is 1. The highest BCUT2D eigenvalue weighted by molar-refractivity contribution is 7.17. The van der Waals surface area contributed by atoms with Crippen LogP contribution in [0.1, 0.15) is 37.4 Å². The minimum atomic E-state index is -0.249. The summed E-state index contributed by atoms with van der Waals surface area (Å²) in [5, 5.41) is 1.07. The van der Waals surface area contributed by atoms with Crippen molar-refractivity contribution in [2.45, 2.75) is 38.9 Å². The van der Waals surface area contributed by atoms with E-state index in [9.17, 15) is 4.79 Å². The fraction of sp³-hybridized carbons (Fsp3) is 0.667. The van der Waals surface area contributed by atoms with Gasteiger partial charge in [-0.1, -0.05) is 22.9 Å². The Kier molecular flexibility index (Phi) is 3.42. The lowest BCUT2D eigenvalue weighted by molar-refractivity contribution is -0.133. The summed E-state index contributed by atoms with van der Waals surface area (Å²) in [6.07, 6.45) is 0.750. The summed E-state index contributed by atoms with van der Waals surface area (Å²) in [5.74, 6) is 0. The number of anilines is 1. The van der Waals surface area contributed by atoms with Gasteiger partial charge in [-0.05, 0) is 27.7 Å². The lowest BCUT2D eigenvalue weighted by atomic mass is 9.99. The van der Waals surface area contributed by atoms with Crippen LogP contribution < -0.4 is 4.90 Å². The van der Waals surface area contributed by atoms with Crippen molar-refractivity contribution < 1.29 is 9.53 Å². The van der Waals surface area contributed by atoms with E-state index in [4.69, 9.17) is 16.3 Å². The van der Waals surface area contributed by atoms with Crippen LogP contribution in [0.3, 0.4) is 0 Å². The number of carbonyl (C=O) groups is 1. The second kappa shape index (κ2) is 4.47. The molecule has 18 heavy (non-hydrogen) atoms. The third-order valence-electron chi connectivity index (χ3n) is 2.67. The summed E-state index contributed by atoms with van der Waals surface area (Å²) in [4.78, 5) is 17.7. The van der Waals surface area contributed by atoms with Crippen LogP contribution in [0, 0.1) is 0 Å². The Morgan fingerprint density at radius 3 is 2.33 bits per heavy atom. The molecule has 0 N–H and O–H groups in total. The normalized spacial score (nSPS) is 21.9. The van der Waals surface area contributed by atoms with Crippen LogP contribution in [0.25, 0.3) is 0 Å². The highest BCUT2D eigenvalue weighted by Gasteiger charge is 2.39. The van der Waals surface area contributed by atoms with Gasteiger partial charge in [0, 0.05) is 13.1 Å². The van der Waals surface area contributed by atoms with Gasteiger partial charge in [0.25, 0.3) is 0 Å². The van der Waals surface area contributed by atoms with Gasteiger partial charge in [0.1, 0.15) is 4.88 Å². The number of nitrogens with zero attached hydrogens (tertiary/aromatic N) is 2. The molecule has 0 spiro atoms. The molecule has 0 aliphatic carbocycles. The molecule has 1 aromatic heterocycles. The molecule has 2 rings (SSSR count). The van der Waals surface area contributed by atoms with E-state index in [2.05, 4.69) is 37.6 Å². The molecule has 100 valence electrons. The zero-order valence-corrected chi connectivity index (χ0v) is 12.6. The molecule has 6 heteroatoms. The smallest absolute Gasteiger partial charge is 0.187 e. The molecule has 0 bridgehead atoms. The van der Waals surface area contributed by atoms with Crippen molar-refractivity contribution in [1.29, 1.82) is 0 Å². The first kappa shape index (κ1) is 13.8. The minimum Gasteiger partial charge on any atom is -0.366 e. The van der Waals surface area contributed by atoms with Crippen LogP contribution in [-0.4, -0.2) is 35.6 Å². The molecule has 0 radical (unpaired) electrons. The van der Waals surface area contributed by atoms with E-state index >= 15 is 0 Å². The molecular weight excluding hydrogens is 272 g/mol. The zero-order chi connectivity index (χ0) is 13.6. The summed E-state index contributed by atoms with van der Waals surface area (Å²) in [5.41, 5.74) is -0.498. The standard InChI is InChI=1S/C12H17ClN2O2S/c1-11(2)6-15(7-12(3,4)17-11)10-14-9(13)8(5-16)18-10/h5H,6-7H2,1-4H3. The molecule has 0 aromatic carbocycles. The van der Waals surface area contributed by atoms with Crippen LogP contribution in [0.2, 0.25) is 5.15 Å². The molecule has 2 heterocycles. The van der Waals surface area contributed by atoms with Crippen molar-refractivity contribution in [1.82, 2.24) is 4.98 Å². The number of morpholine rings is 1. The quantitative estimate of drug-likeness (QED) is 0.785. The second-order valence-corrected chi connectivity index (χ2v) is 7.11. The van der Waals surface area contributed by atoms with Crippen LogP contribution in [0.4, 0.5) is 5.13 Å². The molecule has 1 aromatic rings. The number of aldehydes is 1. The Bertz CT molecular complexity index is 455. The van der Waals surface area contributed by atoms with Gasteiger partial charge in [-0.3, -0.25) is 4.79 Å². The lowest BCUT2D eigenvalue weighted by Crippen LogP contribution is -2.57. The van der Waals surface area contributed by atoms with Crippen LogP contribution in [0.5, 0.6) is 0 Å². The third kappa shape index (κ3) is 2.84. The van der Waals surface area contributed by atoms with Crippen LogP contribution >= 0.6 is 22.9 Å². The topological polar surface area (TPSA) is 42.4 Å². The molecule has 0 saturated carbocycles. The minimum absolute atomic E-state index is 0.249. The summed E-state index contributed by atoms with van der Waals surface area (Å²) >= 11 is 7.24. The van der Waals surface area contributed by atoms with E-state index < -0.39 is 0 Å². The van der Waals surface area contributed by atoms with Gasteiger partial charge in [-0.2, -0.15) is 0 Å². The maximum atomic E-state index is 10.8. The first-order chi connectivity index (χ1) is 8.22. The number of aromatic nitrogens is 1. The summed E-state index contributed by atoms with van der Waals surface area (Å²) < 4.78 is 6.01.